The van der Waals surface area contributed by atoms with Gasteiger partial charge in [0.15, 0.2) is 5.13 Å². The quantitative estimate of drug-likeness (QED) is 0.861. The monoisotopic (exact) mass is 286 g/mol. The second-order valence-electron chi connectivity index (χ2n) is 4.84. The van der Waals surface area contributed by atoms with E-state index in [4.69, 9.17) is 9.47 Å². The van der Waals surface area contributed by atoms with E-state index in [9.17, 15) is 5.11 Å². The summed E-state index contributed by atoms with van der Waals surface area (Å²) in [5, 5.41) is 10.4. The van der Waals surface area contributed by atoms with Crippen LogP contribution in [0.5, 0.6) is 0 Å². The van der Waals surface area contributed by atoms with E-state index in [0.717, 1.165) is 48.2 Å². The van der Waals surface area contributed by atoms with Gasteiger partial charge in [0.25, 0.3) is 0 Å². The van der Waals surface area contributed by atoms with E-state index in [1.807, 2.05) is 0 Å². The maximum absolute atomic E-state index is 9.35. The first-order chi connectivity index (χ1) is 9.28. The van der Waals surface area contributed by atoms with Gasteiger partial charge >= 0.3 is 0 Å². The van der Waals surface area contributed by atoms with Crippen LogP contribution in [-0.4, -0.2) is 44.0 Å². The number of hydrogen-bond donors (Lipinski definition) is 1. The van der Waals surface area contributed by atoms with Crippen molar-refractivity contribution in [2.45, 2.75) is 26.1 Å². The summed E-state index contributed by atoms with van der Waals surface area (Å²) in [6.07, 6.45) is 2.28. The summed E-state index contributed by atoms with van der Waals surface area (Å²) >= 11 is 1.57. The average molecular weight is 286 g/mol. The molecule has 0 saturated carbocycles. The summed E-state index contributed by atoms with van der Waals surface area (Å²) in [5.41, 5.74) is 0.865. The molecular formula is C13H22N2O3S. The van der Waals surface area contributed by atoms with E-state index in [1.165, 1.54) is 0 Å². The third-order valence-corrected chi connectivity index (χ3v) is 4.62. The number of methoxy groups -OCH3 is 2. The van der Waals surface area contributed by atoms with Gasteiger partial charge in [0, 0.05) is 33.9 Å². The molecule has 2 heterocycles. The van der Waals surface area contributed by atoms with Crippen LogP contribution in [0.4, 0.5) is 5.13 Å². The largest absolute Gasteiger partial charge is 0.391 e. The van der Waals surface area contributed by atoms with Gasteiger partial charge in [0.05, 0.1) is 23.8 Å². The Morgan fingerprint density at radius 1 is 1.32 bits per heavy atom. The first kappa shape index (κ1) is 14.7. The molecule has 1 aliphatic heterocycles. The Bertz CT molecular complexity index is 389. The molecule has 1 fully saturated rings. The maximum Gasteiger partial charge on any atom is 0.185 e. The van der Waals surface area contributed by atoms with E-state index >= 15 is 0 Å². The Morgan fingerprint density at radius 3 is 2.63 bits per heavy atom. The molecule has 0 aliphatic carbocycles. The fraction of sp³-hybridized carbons (Fsp3) is 0.769. The number of rotatable bonds is 6. The van der Waals surface area contributed by atoms with Crippen LogP contribution in [0.15, 0.2) is 0 Å². The highest BCUT2D eigenvalue weighted by Crippen LogP contribution is 2.30. The summed E-state index contributed by atoms with van der Waals surface area (Å²) < 4.78 is 10.3. The molecule has 108 valence electrons. The van der Waals surface area contributed by atoms with E-state index in [1.54, 1.807) is 25.6 Å². The number of piperidine rings is 1. The average Bonchev–Trinajstić information content (AvgIpc) is 2.84. The Labute approximate surface area is 118 Å². The van der Waals surface area contributed by atoms with E-state index in [-0.39, 0.29) is 6.61 Å². The lowest BCUT2D eigenvalue weighted by Gasteiger charge is -2.31. The number of hydrogen-bond acceptors (Lipinski definition) is 6. The zero-order valence-electron chi connectivity index (χ0n) is 11.6. The van der Waals surface area contributed by atoms with Gasteiger partial charge in [-0.2, -0.15) is 0 Å². The lowest BCUT2D eigenvalue weighted by molar-refractivity contribution is 0.139. The third-order valence-electron chi connectivity index (χ3n) is 3.48. The number of nitrogens with zero attached hydrogens (tertiary/aromatic N) is 2. The van der Waals surface area contributed by atoms with Crippen molar-refractivity contribution < 1.29 is 14.6 Å². The summed E-state index contributed by atoms with van der Waals surface area (Å²) in [7, 11) is 3.41. The molecule has 0 amide bonds. The molecule has 2 rings (SSSR count). The molecule has 0 aromatic carbocycles. The molecule has 1 aliphatic rings. The van der Waals surface area contributed by atoms with Crippen molar-refractivity contribution in [3.8, 4) is 0 Å². The van der Waals surface area contributed by atoms with Crippen molar-refractivity contribution >= 4 is 16.5 Å². The number of anilines is 1. The minimum atomic E-state index is 0.0382. The van der Waals surface area contributed by atoms with E-state index in [0.29, 0.717) is 12.5 Å². The fourth-order valence-electron chi connectivity index (χ4n) is 2.40. The molecule has 0 unspecified atom stereocenters. The Hall–Kier alpha value is -0.690. The Morgan fingerprint density at radius 2 is 2.05 bits per heavy atom. The molecule has 1 aromatic heterocycles. The van der Waals surface area contributed by atoms with Gasteiger partial charge in [-0.05, 0) is 18.8 Å². The highest BCUT2D eigenvalue weighted by atomic mass is 32.1. The Kier molecular flexibility index (Phi) is 5.57. The van der Waals surface area contributed by atoms with Crippen LogP contribution in [-0.2, 0) is 22.7 Å². The molecule has 0 spiro atoms. The lowest BCUT2D eigenvalue weighted by atomic mass is 9.98. The van der Waals surface area contributed by atoms with Crippen LogP contribution in [0.3, 0.4) is 0 Å². The minimum absolute atomic E-state index is 0.0382. The van der Waals surface area contributed by atoms with Crippen LogP contribution >= 0.6 is 11.3 Å². The Balaban J connectivity index is 1.99. The van der Waals surface area contributed by atoms with E-state index in [2.05, 4.69) is 9.88 Å². The SMILES string of the molecule is COCc1nc(N2CCC(COC)CC2)sc1CO. The van der Waals surface area contributed by atoms with Crippen molar-refractivity contribution in [1.82, 2.24) is 4.98 Å². The minimum Gasteiger partial charge on any atom is -0.391 e. The summed E-state index contributed by atoms with van der Waals surface area (Å²) in [5.74, 6) is 0.664. The fourth-order valence-corrected chi connectivity index (χ4v) is 3.38. The van der Waals surface area contributed by atoms with Crippen LogP contribution < -0.4 is 4.90 Å². The summed E-state index contributed by atoms with van der Waals surface area (Å²) in [6.45, 7) is 3.38. The molecular weight excluding hydrogens is 264 g/mol. The number of aliphatic hydroxyl groups excluding tert-OH is 1. The van der Waals surface area contributed by atoms with Gasteiger partial charge in [0.1, 0.15) is 0 Å². The van der Waals surface area contributed by atoms with Gasteiger partial charge in [-0.15, -0.1) is 0 Å². The summed E-state index contributed by atoms with van der Waals surface area (Å²) in [6, 6.07) is 0. The predicted molar refractivity (Wildman–Crippen MR) is 75.6 cm³/mol. The third kappa shape index (κ3) is 3.66. The molecule has 19 heavy (non-hydrogen) atoms. The smallest absolute Gasteiger partial charge is 0.185 e. The second kappa shape index (κ2) is 7.19. The second-order valence-corrected chi connectivity index (χ2v) is 5.91. The molecule has 0 atom stereocenters. The molecule has 1 N–H and O–H groups in total. The predicted octanol–water partition coefficient (Wildman–Crippen LogP) is 1.64. The topological polar surface area (TPSA) is 54.8 Å². The van der Waals surface area contributed by atoms with Crippen LogP contribution in [0, 0.1) is 5.92 Å². The van der Waals surface area contributed by atoms with Gasteiger partial charge in [-0.25, -0.2) is 4.98 Å². The van der Waals surface area contributed by atoms with Gasteiger partial charge in [-0.1, -0.05) is 11.3 Å². The van der Waals surface area contributed by atoms with Gasteiger partial charge < -0.3 is 19.5 Å². The highest BCUT2D eigenvalue weighted by Gasteiger charge is 2.22. The zero-order valence-corrected chi connectivity index (χ0v) is 12.4. The van der Waals surface area contributed by atoms with Crippen molar-refractivity contribution in [3.63, 3.8) is 0 Å². The molecule has 0 radical (unpaired) electrons. The van der Waals surface area contributed by atoms with Gasteiger partial charge in [0.2, 0.25) is 0 Å². The highest BCUT2D eigenvalue weighted by molar-refractivity contribution is 7.15. The first-order valence-corrected chi connectivity index (χ1v) is 7.42. The normalized spacial score (nSPS) is 17.1. The maximum atomic E-state index is 9.35. The first-order valence-electron chi connectivity index (χ1n) is 6.60. The van der Waals surface area contributed by atoms with Crippen molar-refractivity contribution in [1.29, 1.82) is 0 Å². The molecule has 1 saturated heterocycles. The van der Waals surface area contributed by atoms with Crippen LogP contribution in [0.1, 0.15) is 23.4 Å². The number of aromatic nitrogens is 1. The zero-order chi connectivity index (χ0) is 13.7. The van der Waals surface area contributed by atoms with Crippen LogP contribution in [0.2, 0.25) is 0 Å². The number of thiazole rings is 1. The van der Waals surface area contributed by atoms with Crippen molar-refractivity contribution in [2.75, 3.05) is 38.8 Å². The van der Waals surface area contributed by atoms with Crippen LogP contribution in [0.25, 0.3) is 0 Å². The van der Waals surface area contributed by atoms with Crippen molar-refractivity contribution in [2.24, 2.45) is 5.92 Å². The van der Waals surface area contributed by atoms with Crippen molar-refractivity contribution in [3.05, 3.63) is 10.6 Å². The number of aliphatic hydroxyl groups is 1. The molecule has 6 heteroatoms. The summed E-state index contributed by atoms with van der Waals surface area (Å²) in [4.78, 5) is 7.81. The number of ether oxygens (including phenoxy) is 2. The molecule has 1 aromatic rings. The lowest BCUT2D eigenvalue weighted by Crippen LogP contribution is -2.34. The van der Waals surface area contributed by atoms with E-state index < -0.39 is 0 Å². The molecule has 0 bridgehead atoms. The van der Waals surface area contributed by atoms with Gasteiger partial charge in [-0.3, -0.25) is 0 Å². The standard InChI is InChI=1S/C13H22N2O3S/c1-17-8-10-3-5-15(6-4-10)13-14-11(9-18-2)12(7-16)19-13/h10,16H,3-9H2,1-2H3. The molecule has 5 nitrogen and oxygen atoms in total.